The lowest BCUT2D eigenvalue weighted by Crippen LogP contribution is -2.27. The highest BCUT2D eigenvalue weighted by Gasteiger charge is 2.15. The minimum absolute atomic E-state index is 0.0492. The number of tetrazole rings is 1. The van der Waals surface area contributed by atoms with Gasteiger partial charge in [0.1, 0.15) is 0 Å². The molecule has 0 saturated heterocycles. The lowest BCUT2D eigenvalue weighted by molar-refractivity contribution is -0.127. The van der Waals surface area contributed by atoms with Gasteiger partial charge in [-0.2, -0.15) is 4.68 Å². The van der Waals surface area contributed by atoms with Crippen LogP contribution in [0.2, 0.25) is 0 Å². The van der Waals surface area contributed by atoms with E-state index in [2.05, 4.69) is 41.5 Å². The molecule has 0 aliphatic carbocycles. The molecule has 6 nitrogen and oxygen atoms in total. The quantitative estimate of drug-likeness (QED) is 0.580. The molecule has 26 heavy (non-hydrogen) atoms. The second-order valence-electron chi connectivity index (χ2n) is 6.24. The molecule has 0 spiro atoms. The van der Waals surface area contributed by atoms with E-state index in [0.717, 1.165) is 5.69 Å². The zero-order valence-corrected chi connectivity index (χ0v) is 16.6. The van der Waals surface area contributed by atoms with Gasteiger partial charge in [0, 0.05) is 11.9 Å². The number of nitrogens with zero attached hydrogens (tertiary/aromatic N) is 5. The largest absolute Gasteiger partial charge is 0.340 e. The number of aromatic nitrogens is 4. The van der Waals surface area contributed by atoms with Gasteiger partial charge in [0.05, 0.1) is 18.0 Å². The van der Waals surface area contributed by atoms with Crippen molar-refractivity contribution in [2.45, 2.75) is 31.5 Å². The van der Waals surface area contributed by atoms with Gasteiger partial charge in [0.25, 0.3) is 0 Å². The third-order valence-electron chi connectivity index (χ3n) is 3.97. The Hall–Kier alpha value is -2.19. The van der Waals surface area contributed by atoms with Gasteiger partial charge in [-0.1, -0.05) is 43.8 Å². The molecule has 0 bridgehead atoms. The van der Waals surface area contributed by atoms with Crippen LogP contribution in [0.5, 0.6) is 0 Å². The van der Waals surface area contributed by atoms with E-state index in [1.54, 1.807) is 20.9 Å². The Balaban J connectivity index is 1.62. The first kappa shape index (κ1) is 18.6. The summed E-state index contributed by atoms with van der Waals surface area (Å²) < 4.78 is 1.67. The molecule has 0 N–H and O–H groups in total. The summed E-state index contributed by atoms with van der Waals surface area (Å²) in [5.41, 5.74) is 2.16. The molecule has 3 rings (SSSR count). The summed E-state index contributed by atoms with van der Waals surface area (Å²) in [4.78, 5) is 15.3. The molecule has 0 saturated carbocycles. The molecular weight excluding hydrogens is 366 g/mol. The molecule has 1 aromatic carbocycles. The lowest BCUT2D eigenvalue weighted by Gasteiger charge is -2.15. The van der Waals surface area contributed by atoms with Gasteiger partial charge >= 0.3 is 0 Å². The van der Waals surface area contributed by atoms with E-state index < -0.39 is 0 Å². The average molecular weight is 388 g/mol. The molecule has 136 valence electrons. The van der Waals surface area contributed by atoms with Gasteiger partial charge in [-0.3, -0.25) is 4.79 Å². The number of benzene rings is 1. The monoisotopic (exact) mass is 387 g/mol. The van der Waals surface area contributed by atoms with Crippen LogP contribution in [0.4, 0.5) is 0 Å². The van der Waals surface area contributed by atoms with Crippen molar-refractivity contribution in [3.8, 4) is 5.69 Å². The Morgan fingerprint density at radius 3 is 2.69 bits per heavy atom. The van der Waals surface area contributed by atoms with E-state index in [0.29, 0.717) is 23.4 Å². The maximum absolute atomic E-state index is 12.4. The summed E-state index contributed by atoms with van der Waals surface area (Å²) in [6.45, 7) is 4.94. The van der Waals surface area contributed by atoms with E-state index in [1.807, 2.05) is 36.7 Å². The summed E-state index contributed by atoms with van der Waals surface area (Å²) >= 11 is 3.00. The zero-order valence-electron chi connectivity index (χ0n) is 15.0. The van der Waals surface area contributed by atoms with Crippen molar-refractivity contribution in [3.63, 3.8) is 0 Å². The molecule has 0 fully saturated rings. The molecule has 0 unspecified atom stereocenters. The molecule has 0 radical (unpaired) electrons. The number of hydrogen-bond donors (Lipinski definition) is 0. The summed E-state index contributed by atoms with van der Waals surface area (Å²) in [5, 5.41) is 14.5. The van der Waals surface area contributed by atoms with E-state index in [1.165, 1.54) is 22.2 Å². The fourth-order valence-electron chi connectivity index (χ4n) is 2.39. The van der Waals surface area contributed by atoms with Crippen LogP contribution in [0.3, 0.4) is 0 Å². The van der Waals surface area contributed by atoms with Crippen LogP contribution in [0.1, 0.15) is 30.2 Å². The number of thiophene rings is 1. The zero-order chi connectivity index (χ0) is 18.5. The molecule has 8 heteroatoms. The van der Waals surface area contributed by atoms with Crippen LogP contribution >= 0.6 is 23.1 Å². The molecule has 1 amide bonds. The van der Waals surface area contributed by atoms with Crippen LogP contribution in [-0.4, -0.2) is 43.8 Å². The number of carbonyl (C=O) groups excluding carboxylic acids is 1. The van der Waals surface area contributed by atoms with Gasteiger partial charge in [0.15, 0.2) is 0 Å². The molecule has 2 aromatic heterocycles. The van der Waals surface area contributed by atoms with Gasteiger partial charge in [0.2, 0.25) is 11.1 Å². The van der Waals surface area contributed by atoms with Crippen LogP contribution in [0.25, 0.3) is 5.69 Å². The topological polar surface area (TPSA) is 63.9 Å². The first-order valence-corrected chi connectivity index (χ1v) is 10.2. The third-order valence-corrected chi connectivity index (χ3v) is 5.73. The predicted molar refractivity (Wildman–Crippen MR) is 105 cm³/mol. The maximum Gasteiger partial charge on any atom is 0.233 e. The normalized spacial score (nSPS) is 11.1. The summed E-state index contributed by atoms with van der Waals surface area (Å²) in [5.74, 6) is 0.822. The highest BCUT2D eigenvalue weighted by molar-refractivity contribution is 7.99. The minimum Gasteiger partial charge on any atom is -0.340 e. The Bertz CT molecular complexity index is 843. The van der Waals surface area contributed by atoms with Crippen LogP contribution in [0, 0.1) is 0 Å². The second-order valence-corrected chi connectivity index (χ2v) is 8.21. The van der Waals surface area contributed by atoms with E-state index in [4.69, 9.17) is 0 Å². The van der Waals surface area contributed by atoms with Crippen LogP contribution < -0.4 is 0 Å². The highest BCUT2D eigenvalue weighted by Crippen LogP contribution is 2.21. The van der Waals surface area contributed by atoms with Crippen molar-refractivity contribution in [2.24, 2.45) is 0 Å². The van der Waals surface area contributed by atoms with E-state index >= 15 is 0 Å². The minimum atomic E-state index is 0.0492. The van der Waals surface area contributed by atoms with Crippen molar-refractivity contribution in [1.82, 2.24) is 25.1 Å². The Morgan fingerprint density at radius 2 is 2.04 bits per heavy atom. The Labute approximate surface area is 161 Å². The fourth-order valence-corrected chi connectivity index (χ4v) is 3.98. The molecular formula is C18H21N5OS2. The van der Waals surface area contributed by atoms with Crippen molar-refractivity contribution in [2.75, 3.05) is 12.8 Å². The standard InChI is InChI=1S/C18H21N5OS2/c1-13(2)14-6-8-15(9-7-14)23-18(19-20-21-23)26-12-17(24)22(3)11-16-5-4-10-25-16/h4-10,13H,11-12H2,1-3H3. The molecule has 0 aliphatic heterocycles. The summed E-state index contributed by atoms with van der Waals surface area (Å²) in [6.07, 6.45) is 0. The van der Waals surface area contributed by atoms with Gasteiger partial charge in [-0.25, -0.2) is 0 Å². The van der Waals surface area contributed by atoms with Crippen LogP contribution in [-0.2, 0) is 11.3 Å². The van der Waals surface area contributed by atoms with Crippen LogP contribution in [0.15, 0.2) is 46.9 Å². The van der Waals surface area contributed by atoms with Crippen molar-refractivity contribution >= 4 is 29.0 Å². The van der Waals surface area contributed by atoms with Gasteiger partial charge in [-0.05, 0) is 45.5 Å². The predicted octanol–water partition coefficient (Wildman–Crippen LogP) is 3.60. The first-order valence-electron chi connectivity index (χ1n) is 8.32. The lowest BCUT2D eigenvalue weighted by atomic mass is 10.0. The van der Waals surface area contributed by atoms with Crippen molar-refractivity contribution < 1.29 is 4.79 Å². The summed E-state index contributed by atoms with van der Waals surface area (Å²) in [7, 11) is 1.82. The highest BCUT2D eigenvalue weighted by atomic mass is 32.2. The van der Waals surface area contributed by atoms with Crippen molar-refractivity contribution in [1.29, 1.82) is 0 Å². The second kappa shape index (κ2) is 8.46. The number of thioether (sulfide) groups is 1. The number of carbonyl (C=O) groups is 1. The average Bonchev–Trinajstić information content (AvgIpc) is 3.31. The fraction of sp³-hybridized carbons (Fsp3) is 0.333. The number of rotatable bonds is 7. The van der Waals surface area contributed by atoms with E-state index in [-0.39, 0.29) is 5.91 Å². The molecule has 0 atom stereocenters. The van der Waals surface area contributed by atoms with E-state index in [9.17, 15) is 4.79 Å². The molecule has 0 aliphatic rings. The first-order chi connectivity index (χ1) is 12.5. The number of hydrogen-bond acceptors (Lipinski definition) is 6. The number of amides is 1. The third kappa shape index (κ3) is 4.50. The Kier molecular flexibility index (Phi) is 6.05. The smallest absolute Gasteiger partial charge is 0.233 e. The van der Waals surface area contributed by atoms with Gasteiger partial charge in [-0.15, -0.1) is 16.4 Å². The van der Waals surface area contributed by atoms with Gasteiger partial charge < -0.3 is 4.90 Å². The molecule has 2 heterocycles. The maximum atomic E-state index is 12.4. The van der Waals surface area contributed by atoms with Crippen molar-refractivity contribution in [3.05, 3.63) is 52.2 Å². The summed E-state index contributed by atoms with van der Waals surface area (Å²) in [6, 6.07) is 12.2. The molecule has 3 aromatic rings. The SMILES string of the molecule is CC(C)c1ccc(-n2nnnc2SCC(=O)N(C)Cc2cccs2)cc1. The Morgan fingerprint density at radius 1 is 1.27 bits per heavy atom.